The predicted octanol–water partition coefficient (Wildman–Crippen LogP) is 7.79. The number of rotatable bonds is 0. The molecule has 2 N–H and O–H groups in total. The number of anilines is 2. The lowest BCUT2D eigenvalue weighted by Crippen LogP contribution is -2.42. The fourth-order valence-corrected chi connectivity index (χ4v) is 9.41. The summed E-state index contributed by atoms with van der Waals surface area (Å²) in [5.41, 5.74) is 6.84. The number of pyridine rings is 2. The lowest BCUT2D eigenvalue weighted by atomic mass is 9.79. The van der Waals surface area contributed by atoms with Crippen molar-refractivity contribution in [1.29, 1.82) is 0 Å². The van der Waals surface area contributed by atoms with Gasteiger partial charge >= 0.3 is 0 Å². The summed E-state index contributed by atoms with van der Waals surface area (Å²) >= 11 is 0. The molecule has 1 aliphatic carbocycles. The second kappa shape index (κ2) is 15.8. The van der Waals surface area contributed by atoms with Gasteiger partial charge in [-0.15, -0.1) is 0 Å². The average Bonchev–Trinajstić information content (AvgIpc) is 3.99. The molecular formula is C44H60N8O2. The van der Waals surface area contributed by atoms with E-state index in [0.29, 0.717) is 38.0 Å². The van der Waals surface area contributed by atoms with Gasteiger partial charge in [0.25, 0.3) is 0 Å². The van der Waals surface area contributed by atoms with Gasteiger partial charge in [0.15, 0.2) is 0 Å². The number of nitrogens with zero attached hydrogens (tertiary/aromatic N) is 6. The molecule has 0 aromatic carbocycles. The van der Waals surface area contributed by atoms with Gasteiger partial charge in [-0.1, -0.05) is 66.0 Å². The van der Waals surface area contributed by atoms with Crippen LogP contribution in [-0.2, 0) is 22.4 Å². The lowest BCUT2D eigenvalue weighted by Gasteiger charge is -2.33. The van der Waals surface area contributed by atoms with Crippen molar-refractivity contribution < 1.29 is 9.59 Å². The monoisotopic (exact) mass is 732 g/mol. The van der Waals surface area contributed by atoms with Crippen molar-refractivity contribution in [2.45, 2.75) is 112 Å². The van der Waals surface area contributed by atoms with Gasteiger partial charge in [-0.2, -0.15) is 0 Å². The van der Waals surface area contributed by atoms with Crippen LogP contribution in [0.2, 0.25) is 0 Å². The molecule has 0 radical (unpaired) electrons. The van der Waals surface area contributed by atoms with Crippen LogP contribution in [0.25, 0.3) is 0 Å². The molecule has 10 nitrogen and oxygen atoms in total. The van der Waals surface area contributed by atoms with E-state index in [9.17, 15) is 9.59 Å². The van der Waals surface area contributed by atoms with Crippen LogP contribution in [0.1, 0.15) is 110 Å². The Kier molecular flexibility index (Phi) is 11.1. The molecule has 1 spiro atoms. The largest absolute Gasteiger partial charge is 0.334 e. The van der Waals surface area contributed by atoms with Crippen LogP contribution >= 0.6 is 0 Å². The van der Waals surface area contributed by atoms with Gasteiger partial charge in [0.2, 0.25) is 11.8 Å². The van der Waals surface area contributed by atoms with E-state index in [1.165, 1.54) is 41.6 Å². The standard InChI is InChI=1S/C22H28N4O.C21H28N4O.CH4/c27-21-22(11-4-5-12-22)10-3-1-2-7-17-8-6-9-19(24-17)25-20-18-15-26(21)14-16(18)13-23-20;1-14-7-8-16-5-4-6-18(23-16)24-19-17-13-25(12-15(17)11-22-19)20(26)21(2,3)10-9-14;/h6,8-9H,1-5,7,10-15H2,(H,23,24,25);4-6,14H,7-13H2,1-3H3,(H,22,23,24);1H4. The molecule has 10 heteroatoms. The summed E-state index contributed by atoms with van der Waals surface area (Å²) in [5.74, 6) is 4.78. The van der Waals surface area contributed by atoms with Gasteiger partial charge in [-0.3, -0.25) is 19.6 Å². The summed E-state index contributed by atoms with van der Waals surface area (Å²) in [6.45, 7) is 10.7. The van der Waals surface area contributed by atoms with E-state index >= 15 is 0 Å². The second-order valence-corrected chi connectivity index (χ2v) is 17.2. The molecular weight excluding hydrogens is 673 g/mol. The van der Waals surface area contributed by atoms with Crippen molar-refractivity contribution in [1.82, 2.24) is 19.8 Å². The van der Waals surface area contributed by atoms with Crippen LogP contribution in [-0.4, -0.2) is 82.5 Å². The van der Waals surface area contributed by atoms with E-state index in [0.717, 1.165) is 112 Å². The smallest absolute Gasteiger partial charge is 0.229 e. The molecule has 1 unspecified atom stereocenters. The highest BCUT2D eigenvalue weighted by atomic mass is 16.2. The van der Waals surface area contributed by atoms with Crippen molar-refractivity contribution in [2.75, 3.05) is 49.9 Å². The summed E-state index contributed by atoms with van der Waals surface area (Å²) < 4.78 is 0. The first-order valence-electron chi connectivity index (χ1n) is 20.2. The highest BCUT2D eigenvalue weighted by Gasteiger charge is 2.45. The number of carbonyl (C=O) groups is 2. The van der Waals surface area contributed by atoms with E-state index in [1.807, 2.05) is 17.0 Å². The predicted molar refractivity (Wildman–Crippen MR) is 218 cm³/mol. The molecule has 54 heavy (non-hydrogen) atoms. The zero-order valence-electron chi connectivity index (χ0n) is 32.0. The third-order valence-electron chi connectivity index (χ3n) is 12.8. The zero-order valence-corrected chi connectivity index (χ0v) is 32.0. The van der Waals surface area contributed by atoms with E-state index in [1.54, 1.807) is 0 Å². The normalized spacial score (nSPS) is 24.6. The highest BCUT2D eigenvalue weighted by Crippen LogP contribution is 2.45. The van der Waals surface area contributed by atoms with E-state index in [4.69, 9.17) is 9.97 Å². The molecule has 2 aromatic heterocycles. The SMILES string of the molecule is C.CC1CCc2cccc(n2)NC2=NCC3=C2CN(C3)C(=O)C(C)(C)CC1.O=C1N2CC3=C(C2)C(=NC3)Nc2cccc(n2)CCCCCC12CCCC2. The second-order valence-electron chi connectivity index (χ2n) is 17.2. The Morgan fingerprint density at radius 1 is 0.648 bits per heavy atom. The van der Waals surface area contributed by atoms with E-state index in [-0.39, 0.29) is 24.2 Å². The Morgan fingerprint density at radius 3 is 1.78 bits per heavy atom. The van der Waals surface area contributed by atoms with Crippen LogP contribution < -0.4 is 10.6 Å². The lowest BCUT2D eigenvalue weighted by molar-refractivity contribution is -0.141. The fourth-order valence-electron chi connectivity index (χ4n) is 9.41. The number of amides is 2. The van der Waals surface area contributed by atoms with Crippen molar-refractivity contribution in [3.05, 3.63) is 70.1 Å². The number of aromatic nitrogens is 2. The van der Waals surface area contributed by atoms with Crippen LogP contribution in [0.4, 0.5) is 11.6 Å². The minimum Gasteiger partial charge on any atom is -0.334 e. The number of nitrogens with one attached hydrogen (secondary N) is 2. The Morgan fingerprint density at radius 2 is 1.19 bits per heavy atom. The van der Waals surface area contributed by atoms with Crippen LogP contribution in [0, 0.1) is 16.7 Å². The Bertz CT molecular complexity index is 1880. The van der Waals surface area contributed by atoms with E-state index in [2.05, 4.69) is 70.6 Å². The quantitative estimate of drug-likeness (QED) is 0.286. The maximum Gasteiger partial charge on any atom is 0.229 e. The number of hydrogen-bond acceptors (Lipinski definition) is 8. The van der Waals surface area contributed by atoms with Crippen molar-refractivity contribution in [2.24, 2.45) is 26.7 Å². The third kappa shape index (κ3) is 7.89. The van der Waals surface area contributed by atoms with Crippen LogP contribution in [0.3, 0.4) is 0 Å². The maximum atomic E-state index is 13.5. The number of hydrogen-bond donors (Lipinski definition) is 2. The molecule has 2 amide bonds. The molecule has 9 rings (SSSR count). The van der Waals surface area contributed by atoms with Crippen LogP contribution in [0.15, 0.2) is 68.7 Å². The molecule has 1 atom stereocenters. The molecule has 8 bridgehead atoms. The highest BCUT2D eigenvalue weighted by molar-refractivity contribution is 6.11. The van der Waals surface area contributed by atoms with E-state index < -0.39 is 0 Å². The van der Waals surface area contributed by atoms with Gasteiger partial charge in [0, 0.05) is 59.5 Å². The first kappa shape index (κ1) is 38.0. The van der Waals surface area contributed by atoms with Gasteiger partial charge in [-0.25, -0.2) is 9.97 Å². The zero-order chi connectivity index (χ0) is 36.6. The fraction of sp³-hybridized carbons (Fsp3) is 0.591. The molecule has 0 saturated heterocycles. The minimum absolute atomic E-state index is 0. The molecule has 1 saturated carbocycles. The van der Waals surface area contributed by atoms with Crippen molar-refractivity contribution in [3.8, 4) is 0 Å². The maximum absolute atomic E-state index is 13.5. The summed E-state index contributed by atoms with van der Waals surface area (Å²) in [6.07, 6.45) is 14.2. The Labute approximate surface area is 322 Å². The molecule has 7 aliphatic rings. The first-order valence-corrected chi connectivity index (χ1v) is 20.2. The molecule has 288 valence electrons. The number of aliphatic imine (C=N–C) groups is 2. The first-order chi connectivity index (χ1) is 25.7. The molecule has 2 aromatic rings. The number of amidine groups is 2. The summed E-state index contributed by atoms with van der Waals surface area (Å²) in [7, 11) is 0. The Hall–Kier alpha value is -4.34. The van der Waals surface area contributed by atoms with Gasteiger partial charge in [0.1, 0.15) is 23.3 Å². The van der Waals surface area contributed by atoms with Gasteiger partial charge in [-0.05, 0) is 99.1 Å². The van der Waals surface area contributed by atoms with Crippen molar-refractivity contribution >= 4 is 35.1 Å². The van der Waals surface area contributed by atoms with Crippen LogP contribution in [0.5, 0.6) is 0 Å². The number of aryl methyl sites for hydroxylation is 2. The molecule has 1 fully saturated rings. The topological polar surface area (TPSA) is 115 Å². The van der Waals surface area contributed by atoms with Gasteiger partial charge < -0.3 is 20.4 Å². The van der Waals surface area contributed by atoms with Crippen molar-refractivity contribution in [3.63, 3.8) is 0 Å². The summed E-state index contributed by atoms with van der Waals surface area (Å²) in [6, 6.07) is 12.4. The molecule has 8 heterocycles. The average molecular weight is 733 g/mol. The Balaban J connectivity index is 0.000000164. The third-order valence-corrected chi connectivity index (χ3v) is 12.8. The minimum atomic E-state index is -0.311. The number of carbonyl (C=O) groups excluding carboxylic acids is 2. The molecule has 6 aliphatic heterocycles. The summed E-state index contributed by atoms with van der Waals surface area (Å²) in [4.78, 5) is 49.6. The van der Waals surface area contributed by atoms with Gasteiger partial charge in [0.05, 0.1) is 13.1 Å². The number of fused-ring (bicyclic) bond motifs is 6. The summed E-state index contributed by atoms with van der Waals surface area (Å²) in [5, 5.41) is 6.82.